The lowest BCUT2D eigenvalue weighted by molar-refractivity contribution is 0.416. The molecule has 0 unspecified atom stereocenters. The predicted molar refractivity (Wildman–Crippen MR) is 78.3 cm³/mol. The molecule has 0 aromatic heterocycles. The summed E-state index contributed by atoms with van der Waals surface area (Å²) < 4.78 is 74.8. The normalized spacial score (nSPS) is 12.9. The fourth-order valence-corrected chi connectivity index (χ4v) is 5.16. The number of rotatable bonds is 6. The van der Waals surface area contributed by atoms with Crippen molar-refractivity contribution in [3.8, 4) is 5.75 Å². The Morgan fingerprint density at radius 2 is 1.71 bits per heavy atom. The number of hydrogen-bond donors (Lipinski definition) is 1. The van der Waals surface area contributed by atoms with E-state index < -0.39 is 34.0 Å². The molecule has 0 atom stereocenters. The van der Waals surface area contributed by atoms with Gasteiger partial charge in [-0.05, 0) is 18.2 Å². The zero-order chi connectivity index (χ0) is 16.5. The molecule has 0 heterocycles. The summed E-state index contributed by atoms with van der Waals surface area (Å²) in [5, 5.41) is -1.15. The SMILES string of the molecule is COc1ccc(S(=O)(=O)Cl)cc1NS(=O)(=O)CS(C)(=O)=O. The number of sulfonamides is 1. The summed E-state index contributed by atoms with van der Waals surface area (Å²) >= 11 is 0. The largest absolute Gasteiger partial charge is 0.495 e. The standard InChI is InChI=1S/C9H12ClNO7S3/c1-18-9-4-3-7(21(10,16)17)5-8(9)11-20(14,15)6-19(2,12)13/h3-5,11H,6H2,1-2H3. The summed E-state index contributed by atoms with van der Waals surface area (Å²) in [7, 11) is -5.72. The fraction of sp³-hybridized carbons (Fsp3) is 0.333. The maximum atomic E-state index is 11.7. The van der Waals surface area contributed by atoms with Crippen LogP contribution >= 0.6 is 10.7 Å². The lowest BCUT2D eigenvalue weighted by Crippen LogP contribution is -2.22. The molecule has 12 heteroatoms. The maximum Gasteiger partial charge on any atom is 0.261 e. The Kier molecular flexibility index (Phi) is 5.13. The average Bonchev–Trinajstić information content (AvgIpc) is 2.23. The van der Waals surface area contributed by atoms with Gasteiger partial charge in [-0.2, -0.15) is 0 Å². The number of sulfone groups is 1. The molecule has 0 spiro atoms. The van der Waals surface area contributed by atoms with Gasteiger partial charge in [0.1, 0.15) is 5.75 Å². The number of halogens is 1. The zero-order valence-corrected chi connectivity index (χ0v) is 14.1. The molecule has 1 aromatic carbocycles. The van der Waals surface area contributed by atoms with Crippen molar-refractivity contribution >= 4 is 45.3 Å². The molecule has 8 nitrogen and oxygen atoms in total. The van der Waals surface area contributed by atoms with Gasteiger partial charge < -0.3 is 4.74 Å². The smallest absolute Gasteiger partial charge is 0.261 e. The number of anilines is 1. The van der Waals surface area contributed by atoms with Crippen molar-refractivity contribution in [2.24, 2.45) is 0 Å². The molecular formula is C9H12ClNO7S3. The van der Waals surface area contributed by atoms with Gasteiger partial charge in [-0.1, -0.05) is 0 Å². The minimum Gasteiger partial charge on any atom is -0.495 e. The number of methoxy groups -OCH3 is 1. The van der Waals surface area contributed by atoms with Crippen LogP contribution in [0.5, 0.6) is 5.75 Å². The molecule has 0 aliphatic heterocycles. The van der Waals surface area contributed by atoms with E-state index >= 15 is 0 Å². The van der Waals surface area contributed by atoms with Crippen molar-refractivity contribution in [1.82, 2.24) is 0 Å². The third kappa shape index (κ3) is 5.69. The lowest BCUT2D eigenvalue weighted by Gasteiger charge is -2.12. The van der Waals surface area contributed by atoms with Crippen molar-refractivity contribution in [2.45, 2.75) is 4.90 Å². The van der Waals surface area contributed by atoms with E-state index in [1.165, 1.54) is 13.2 Å². The highest BCUT2D eigenvalue weighted by molar-refractivity contribution is 8.13. The van der Waals surface area contributed by atoms with E-state index in [0.29, 0.717) is 0 Å². The molecule has 120 valence electrons. The van der Waals surface area contributed by atoms with E-state index in [2.05, 4.69) is 0 Å². The van der Waals surface area contributed by atoms with Gasteiger partial charge in [-0.15, -0.1) is 0 Å². The fourth-order valence-electron chi connectivity index (χ4n) is 1.40. The molecule has 0 bridgehead atoms. The van der Waals surface area contributed by atoms with Gasteiger partial charge in [0.2, 0.25) is 10.0 Å². The molecule has 1 aromatic rings. The number of ether oxygens (including phenoxy) is 1. The molecular weight excluding hydrogens is 366 g/mol. The van der Waals surface area contributed by atoms with Crippen molar-refractivity contribution in [1.29, 1.82) is 0 Å². The minimum atomic E-state index is -4.24. The molecule has 0 radical (unpaired) electrons. The van der Waals surface area contributed by atoms with Gasteiger partial charge in [-0.25, -0.2) is 25.3 Å². The van der Waals surface area contributed by atoms with Gasteiger partial charge in [-0.3, -0.25) is 4.72 Å². The van der Waals surface area contributed by atoms with E-state index in [0.717, 1.165) is 18.4 Å². The van der Waals surface area contributed by atoms with Gasteiger partial charge >= 0.3 is 0 Å². The van der Waals surface area contributed by atoms with Crippen molar-refractivity contribution in [3.05, 3.63) is 18.2 Å². The van der Waals surface area contributed by atoms with E-state index in [-0.39, 0.29) is 16.3 Å². The molecule has 0 aliphatic carbocycles. The first-order chi connectivity index (χ1) is 9.34. The van der Waals surface area contributed by atoms with Gasteiger partial charge in [0.25, 0.3) is 9.05 Å². The van der Waals surface area contributed by atoms with Gasteiger partial charge in [0.05, 0.1) is 17.7 Å². The first kappa shape index (κ1) is 18.0. The molecule has 0 saturated carbocycles. The topological polar surface area (TPSA) is 124 Å². The van der Waals surface area contributed by atoms with E-state index in [9.17, 15) is 25.3 Å². The van der Waals surface area contributed by atoms with Crippen LogP contribution in [-0.4, -0.2) is 43.7 Å². The van der Waals surface area contributed by atoms with Crippen molar-refractivity contribution in [2.75, 3.05) is 23.2 Å². The monoisotopic (exact) mass is 377 g/mol. The molecule has 0 saturated heterocycles. The van der Waals surface area contributed by atoms with Crippen LogP contribution in [0.15, 0.2) is 23.1 Å². The average molecular weight is 378 g/mol. The van der Waals surface area contributed by atoms with E-state index in [4.69, 9.17) is 15.4 Å². The third-order valence-corrected chi connectivity index (χ3v) is 6.92. The van der Waals surface area contributed by atoms with Crippen LogP contribution in [0.25, 0.3) is 0 Å². The van der Waals surface area contributed by atoms with Crippen LogP contribution in [-0.2, 0) is 28.9 Å². The van der Waals surface area contributed by atoms with E-state index in [1.54, 1.807) is 0 Å². The van der Waals surface area contributed by atoms with E-state index in [1.807, 2.05) is 4.72 Å². The quantitative estimate of drug-likeness (QED) is 0.710. The maximum absolute atomic E-state index is 11.7. The summed E-state index contributed by atoms with van der Waals surface area (Å²) in [5.41, 5.74) is -0.233. The molecule has 1 N–H and O–H groups in total. The zero-order valence-electron chi connectivity index (χ0n) is 10.9. The number of benzene rings is 1. The Morgan fingerprint density at radius 3 is 2.14 bits per heavy atom. The van der Waals surface area contributed by atoms with Crippen LogP contribution in [0.4, 0.5) is 5.69 Å². The Morgan fingerprint density at radius 1 is 1.14 bits per heavy atom. The van der Waals surface area contributed by atoms with Crippen LogP contribution in [0.2, 0.25) is 0 Å². The van der Waals surface area contributed by atoms with Gasteiger partial charge in [0, 0.05) is 16.9 Å². The molecule has 0 aliphatic rings. The Labute approximate surface area is 127 Å². The van der Waals surface area contributed by atoms with Crippen LogP contribution in [0.3, 0.4) is 0 Å². The first-order valence-corrected chi connectivity index (χ1v) is 11.2. The molecule has 0 amide bonds. The van der Waals surface area contributed by atoms with Crippen LogP contribution in [0.1, 0.15) is 0 Å². The lowest BCUT2D eigenvalue weighted by atomic mass is 10.3. The second kappa shape index (κ2) is 5.99. The van der Waals surface area contributed by atoms with Crippen molar-refractivity contribution < 1.29 is 30.0 Å². The Hall–Kier alpha value is -1.04. The predicted octanol–water partition coefficient (Wildman–Crippen LogP) is 0.367. The summed E-state index contributed by atoms with van der Waals surface area (Å²) in [5.74, 6) is 0.0103. The number of hydrogen-bond acceptors (Lipinski definition) is 7. The van der Waals surface area contributed by atoms with Crippen LogP contribution < -0.4 is 9.46 Å². The van der Waals surface area contributed by atoms with Crippen molar-refractivity contribution in [3.63, 3.8) is 0 Å². The molecule has 0 fully saturated rings. The summed E-state index contributed by atoms with van der Waals surface area (Å²) in [6, 6.07) is 3.24. The van der Waals surface area contributed by atoms with Gasteiger partial charge in [0.15, 0.2) is 14.9 Å². The second-order valence-electron chi connectivity index (χ2n) is 4.06. The Balaban J connectivity index is 3.30. The summed E-state index contributed by atoms with van der Waals surface area (Å²) in [6.45, 7) is 0. The summed E-state index contributed by atoms with van der Waals surface area (Å²) in [4.78, 5) is -0.359. The first-order valence-electron chi connectivity index (χ1n) is 5.15. The Bertz CT molecular complexity index is 843. The molecule has 21 heavy (non-hydrogen) atoms. The minimum absolute atomic E-state index is 0.0103. The molecule has 1 rings (SSSR count). The van der Waals surface area contributed by atoms with Crippen LogP contribution in [0, 0.1) is 0 Å². The highest BCUT2D eigenvalue weighted by Crippen LogP contribution is 2.29. The number of nitrogens with one attached hydrogen (secondary N) is 1. The second-order valence-corrected chi connectivity index (χ2v) is 10.9. The highest BCUT2D eigenvalue weighted by Gasteiger charge is 2.21. The summed E-state index contributed by atoms with van der Waals surface area (Å²) in [6.07, 6.45) is 0.753. The highest BCUT2D eigenvalue weighted by atomic mass is 35.7. The third-order valence-electron chi connectivity index (χ3n) is 2.09.